The molecule has 2 heteroatoms. The molecule has 0 amide bonds. The molecule has 0 saturated carbocycles. The monoisotopic (exact) mass is 520 g/mol. The van der Waals surface area contributed by atoms with Crippen molar-refractivity contribution < 1.29 is 4.74 Å². The quantitative estimate of drug-likeness (QED) is 0.0960. The zero-order valence-corrected chi connectivity index (χ0v) is 19.9. The summed E-state index contributed by atoms with van der Waals surface area (Å²) in [5.74, 6) is 1.62. The second kappa shape index (κ2) is 10.8. The molecule has 0 saturated heterocycles. The Bertz CT molecular complexity index is 896. The van der Waals surface area contributed by atoms with E-state index in [4.69, 9.17) is 4.74 Å². The predicted octanol–water partition coefficient (Wildman–Crippen LogP) is 8.06. The van der Waals surface area contributed by atoms with E-state index >= 15 is 0 Å². The van der Waals surface area contributed by atoms with E-state index in [1.54, 1.807) is 0 Å². The van der Waals surface area contributed by atoms with Crippen molar-refractivity contribution in [3.8, 4) is 0 Å². The van der Waals surface area contributed by atoms with Crippen molar-refractivity contribution in [2.75, 3.05) is 4.43 Å². The van der Waals surface area contributed by atoms with Gasteiger partial charge in [0.15, 0.2) is 5.60 Å². The Morgan fingerprint density at radius 1 is 0.839 bits per heavy atom. The van der Waals surface area contributed by atoms with Crippen LogP contribution in [0, 0.1) is 5.92 Å². The second-order valence-electron chi connectivity index (χ2n) is 8.03. The Labute approximate surface area is 200 Å². The molecule has 3 aromatic rings. The van der Waals surface area contributed by atoms with Gasteiger partial charge in [-0.3, -0.25) is 0 Å². The highest BCUT2D eigenvalue weighted by atomic mass is 127. The molecule has 0 bridgehead atoms. The second-order valence-corrected chi connectivity index (χ2v) is 8.91. The standard InChI is InChI=1S/C29H29IO/c30-22-21-28(23-24-13-5-1-6-14-24)31-29(25-15-7-2-8-16-25,26-17-9-3-10-18-26)27-19-11-4-12-20-27/h2-5,7-13,15-21,24H,1,6,14,22-23H2. The van der Waals surface area contributed by atoms with Crippen molar-refractivity contribution in [1.29, 1.82) is 0 Å². The summed E-state index contributed by atoms with van der Waals surface area (Å²) in [4.78, 5) is 0. The minimum atomic E-state index is -0.695. The lowest BCUT2D eigenvalue weighted by Gasteiger charge is -2.38. The Morgan fingerprint density at radius 2 is 1.35 bits per heavy atom. The molecular weight excluding hydrogens is 491 g/mol. The molecule has 3 aromatic carbocycles. The first kappa shape index (κ1) is 21.9. The molecule has 1 unspecified atom stereocenters. The summed E-state index contributed by atoms with van der Waals surface area (Å²) in [7, 11) is 0. The molecule has 31 heavy (non-hydrogen) atoms. The molecule has 0 spiro atoms. The van der Waals surface area contributed by atoms with Crippen molar-refractivity contribution in [1.82, 2.24) is 0 Å². The summed E-state index contributed by atoms with van der Waals surface area (Å²) in [5.41, 5.74) is 2.74. The maximum atomic E-state index is 7.16. The van der Waals surface area contributed by atoms with E-state index in [0.29, 0.717) is 5.92 Å². The highest BCUT2D eigenvalue weighted by Gasteiger charge is 2.39. The number of hydrogen-bond acceptors (Lipinski definition) is 1. The SMILES string of the molecule is ICC=C(CC1C=CCCC1)OC(c1ccccc1)(c1ccccc1)c1ccccc1. The van der Waals surface area contributed by atoms with E-state index in [9.17, 15) is 0 Å². The maximum Gasteiger partial charge on any atom is 0.184 e. The van der Waals surface area contributed by atoms with Crippen molar-refractivity contribution in [3.05, 3.63) is 132 Å². The van der Waals surface area contributed by atoms with Crippen LogP contribution >= 0.6 is 22.6 Å². The molecule has 0 heterocycles. The van der Waals surface area contributed by atoms with Crippen LogP contribution in [0.2, 0.25) is 0 Å². The minimum absolute atomic E-state index is 0.544. The van der Waals surface area contributed by atoms with Crippen molar-refractivity contribution in [2.24, 2.45) is 5.92 Å². The van der Waals surface area contributed by atoms with Crippen LogP contribution < -0.4 is 0 Å². The van der Waals surface area contributed by atoms with Crippen molar-refractivity contribution in [3.63, 3.8) is 0 Å². The van der Waals surface area contributed by atoms with Crippen molar-refractivity contribution in [2.45, 2.75) is 31.3 Å². The van der Waals surface area contributed by atoms with Gasteiger partial charge < -0.3 is 4.74 Å². The lowest BCUT2D eigenvalue weighted by molar-refractivity contribution is 0.0617. The van der Waals surface area contributed by atoms with Crippen LogP contribution in [0.5, 0.6) is 0 Å². The molecule has 1 atom stereocenters. The van der Waals surface area contributed by atoms with Crippen LogP contribution in [-0.2, 0) is 10.3 Å². The van der Waals surface area contributed by atoms with Gasteiger partial charge in [0.25, 0.3) is 0 Å². The first-order valence-corrected chi connectivity index (χ1v) is 12.6. The summed E-state index contributed by atoms with van der Waals surface area (Å²) in [6.07, 6.45) is 11.6. The highest BCUT2D eigenvalue weighted by Crippen LogP contribution is 2.43. The number of rotatable bonds is 8. The van der Waals surface area contributed by atoms with Crippen LogP contribution in [0.4, 0.5) is 0 Å². The normalized spacial score (nSPS) is 16.8. The average Bonchev–Trinajstić information content (AvgIpc) is 2.85. The Morgan fingerprint density at radius 3 is 1.77 bits per heavy atom. The summed E-state index contributed by atoms with van der Waals surface area (Å²) < 4.78 is 8.09. The zero-order valence-electron chi connectivity index (χ0n) is 17.8. The number of ether oxygens (including phenoxy) is 1. The first-order chi connectivity index (χ1) is 15.3. The van der Waals surface area contributed by atoms with E-state index in [2.05, 4.69) is 132 Å². The maximum absolute atomic E-state index is 7.16. The number of hydrogen-bond donors (Lipinski definition) is 0. The van der Waals surface area contributed by atoms with Crippen molar-refractivity contribution >= 4 is 22.6 Å². The van der Waals surface area contributed by atoms with Gasteiger partial charge in [-0.2, -0.15) is 0 Å². The fourth-order valence-electron chi connectivity index (χ4n) is 4.46. The van der Waals surface area contributed by atoms with Crippen LogP contribution in [-0.4, -0.2) is 4.43 Å². The van der Waals surface area contributed by atoms with Gasteiger partial charge in [0.1, 0.15) is 0 Å². The molecule has 1 nitrogen and oxygen atoms in total. The predicted molar refractivity (Wildman–Crippen MR) is 138 cm³/mol. The molecule has 1 aliphatic rings. The molecule has 4 rings (SSSR count). The molecule has 0 aliphatic heterocycles. The highest BCUT2D eigenvalue weighted by molar-refractivity contribution is 14.1. The van der Waals surface area contributed by atoms with Gasteiger partial charge in [-0.1, -0.05) is 126 Å². The van der Waals surface area contributed by atoms with Gasteiger partial charge in [-0.15, -0.1) is 0 Å². The summed E-state index contributed by atoms with van der Waals surface area (Å²) >= 11 is 2.42. The van der Waals surface area contributed by atoms with E-state index in [1.165, 1.54) is 19.3 Å². The van der Waals surface area contributed by atoms with Gasteiger partial charge in [0.05, 0.1) is 5.76 Å². The van der Waals surface area contributed by atoms with E-state index in [0.717, 1.165) is 33.3 Å². The summed E-state index contributed by atoms with van der Waals surface area (Å²) in [6.45, 7) is 0. The van der Waals surface area contributed by atoms with Gasteiger partial charge in [-0.25, -0.2) is 0 Å². The van der Waals surface area contributed by atoms with E-state index in [-0.39, 0.29) is 0 Å². The van der Waals surface area contributed by atoms with Gasteiger partial charge in [0, 0.05) is 27.5 Å². The fraction of sp³-hybridized carbons (Fsp3) is 0.241. The molecule has 1 aliphatic carbocycles. The summed E-state index contributed by atoms with van der Waals surface area (Å²) in [6, 6.07) is 31.9. The lowest BCUT2D eigenvalue weighted by Crippen LogP contribution is -2.33. The van der Waals surface area contributed by atoms with Crippen LogP contribution in [0.3, 0.4) is 0 Å². The topological polar surface area (TPSA) is 9.23 Å². The molecule has 0 N–H and O–H groups in total. The van der Waals surface area contributed by atoms with E-state index in [1.807, 2.05) is 0 Å². The Balaban J connectivity index is 1.85. The lowest BCUT2D eigenvalue weighted by atomic mass is 9.80. The molecule has 0 radical (unpaired) electrons. The number of benzene rings is 3. The Hall–Kier alpha value is -2.33. The third kappa shape index (κ3) is 5.12. The van der Waals surface area contributed by atoms with Gasteiger partial charge in [0.2, 0.25) is 0 Å². The molecule has 0 aromatic heterocycles. The van der Waals surface area contributed by atoms with Crippen LogP contribution in [0.15, 0.2) is 115 Å². The number of allylic oxidation sites excluding steroid dienone is 4. The largest absolute Gasteiger partial charge is 0.478 e. The molecule has 158 valence electrons. The summed E-state index contributed by atoms with van der Waals surface area (Å²) in [5, 5.41) is 0. The smallest absolute Gasteiger partial charge is 0.184 e. The van der Waals surface area contributed by atoms with E-state index < -0.39 is 5.60 Å². The average molecular weight is 520 g/mol. The zero-order chi connectivity index (χ0) is 21.4. The molecule has 0 fully saturated rings. The third-order valence-electron chi connectivity index (χ3n) is 5.95. The van der Waals surface area contributed by atoms with Gasteiger partial charge >= 0.3 is 0 Å². The third-order valence-corrected chi connectivity index (χ3v) is 6.39. The first-order valence-electron chi connectivity index (χ1n) is 11.1. The van der Waals surface area contributed by atoms with Crippen LogP contribution in [0.25, 0.3) is 0 Å². The number of halogens is 1. The molecular formula is C29H29IO. The number of alkyl halides is 1. The van der Waals surface area contributed by atoms with Gasteiger partial charge in [-0.05, 0) is 31.3 Å². The minimum Gasteiger partial charge on any atom is -0.478 e. The Kier molecular flexibility index (Phi) is 7.63. The fourth-order valence-corrected chi connectivity index (χ4v) is 4.95. The van der Waals surface area contributed by atoms with Crippen LogP contribution in [0.1, 0.15) is 42.4 Å².